The van der Waals surface area contributed by atoms with E-state index in [1.165, 1.54) is 19.3 Å². The summed E-state index contributed by atoms with van der Waals surface area (Å²) in [5, 5.41) is 3.48. The van der Waals surface area contributed by atoms with Gasteiger partial charge in [0.1, 0.15) is 17.6 Å². The molecule has 132 valence electrons. The molecule has 0 bridgehead atoms. The van der Waals surface area contributed by atoms with Crippen molar-refractivity contribution in [2.45, 2.75) is 38.8 Å². The van der Waals surface area contributed by atoms with Gasteiger partial charge >= 0.3 is 0 Å². The molecule has 1 saturated heterocycles. The predicted octanol–water partition coefficient (Wildman–Crippen LogP) is 3.08. The highest BCUT2D eigenvalue weighted by molar-refractivity contribution is 5.82. The Morgan fingerprint density at radius 2 is 2.08 bits per heavy atom. The van der Waals surface area contributed by atoms with Crippen LogP contribution in [0.4, 0.5) is 5.82 Å². The maximum Gasteiger partial charge on any atom is 0.165 e. The van der Waals surface area contributed by atoms with Crippen LogP contribution in [0.15, 0.2) is 35.5 Å². The quantitative estimate of drug-likeness (QED) is 0.743. The van der Waals surface area contributed by atoms with Crippen molar-refractivity contribution in [2.75, 3.05) is 25.0 Å². The van der Waals surface area contributed by atoms with Crippen molar-refractivity contribution in [2.24, 2.45) is 0 Å². The van der Waals surface area contributed by atoms with Gasteiger partial charge in [-0.2, -0.15) is 0 Å². The van der Waals surface area contributed by atoms with Gasteiger partial charge in [0.25, 0.3) is 0 Å². The predicted molar refractivity (Wildman–Crippen MR) is 96.4 cm³/mol. The van der Waals surface area contributed by atoms with Gasteiger partial charge in [0, 0.05) is 13.1 Å². The third kappa shape index (κ3) is 3.24. The van der Waals surface area contributed by atoms with Crippen molar-refractivity contribution in [3.63, 3.8) is 0 Å². The van der Waals surface area contributed by atoms with Gasteiger partial charge in [0.05, 0.1) is 18.6 Å². The van der Waals surface area contributed by atoms with Gasteiger partial charge in [-0.15, -0.1) is 0 Å². The van der Waals surface area contributed by atoms with Crippen LogP contribution in [0.2, 0.25) is 0 Å². The van der Waals surface area contributed by atoms with Gasteiger partial charge < -0.3 is 14.3 Å². The summed E-state index contributed by atoms with van der Waals surface area (Å²) in [5.41, 5.74) is 1.69. The van der Waals surface area contributed by atoms with Gasteiger partial charge in [-0.1, -0.05) is 6.42 Å². The van der Waals surface area contributed by atoms with Crippen LogP contribution in [0.3, 0.4) is 0 Å². The number of anilines is 1. The zero-order valence-corrected chi connectivity index (χ0v) is 14.6. The zero-order chi connectivity index (χ0) is 17.1. The molecule has 1 fully saturated rings. The van der Waals surface area contributed by atoms with Crippen LogP contribution in [0.5, 0.6) is 0 Å². The molecule has 7 nitrogen and oxygen atoms in total. The van der Waals surface area contributed by atoms with Crippen LogP contribution in [0, 0.1) is 0 Å². The Morgan fingerprint density at radius 1 is 1.20 bits per heavy atom. The first kappa shape index (κ1) is 16.1. The Balaban J connectivity index is 1.56. The van der Waals surface area contributed by atoms with Gasteiger partial charge in [-0.25, -0.2) is 15.0 Å². The fraction of sp³-hybridized carbons (Fsp3) is 0.500. The zero-order valence-electron chi connectivity index (χ0n) is 14.6. The lowest BCUT2D eigenvalue weighted by atomic mass is 10.1. The molecule has 1 aliphatic heterocycles. The number of aromatic nitrogens is 4. The van der Waals surface area contributed by atoms with E-state index in [4.69, 9.17) is 4.42 Å². The first-order valence-electron chi connectivity index (χ1n) is 9.04. The van der Waals surface area contributed by atoms with E-state index < -0.39 is 0 Å². The average molecular weight is 340 g/mol. The Labute approximate surface area is 147 Å². The number of furan rings is 1. The lowest BCUT2D eigenvalue weighted by Crippen LogP contribution is -2.37. The first-order chi connectivity index (χ1) is 12.4. The average Bonchev–Trinajstić information content (AvgIpc) is 3.33. The Hall–Kier alpha value is -2.41. The molecule has 1 atom stereocenters. The third-order valence-corrected chi connectivity index (χ3v) is 4.91. The van der Waals surface area contributed by atoms with Crippen LogP contribution in [0.1, 0.15) is 38.0 Å². The second-order valence-corrected chi connectivity index (χ2v) is 6.43. The van der Waals surface area contributed by atoms with Crippen molar-refractivity contribution in [1.29, 1.82) is 0 Å². The number of piperidine rings is 1. The molecule has 0 amide bonds. The smallest absolute Gasteiger partial charge is 0.165 e. The summed E-state index contributed by atoms with van der Waals surface area (Å²) in [6.07, 6.45) is 8.97. The van der Waals surface area contributed by atoms with Gasteiger partial charge in [0.2, 0.25) is 0 Å². The number of hydrogen-bond acceptors (Lipinski definition) is 6. The molecule has 0 aliphatic carbocycles. The molecule has 0 radical (unpaired) electrons. The molecular formula is C18H24N6O. The van der Waals surface area contributed by atoms with E-state index >= 15 is 0 Å². The molecule has 0 unspecified atom stereocenters. The number of nitrogens with zero attached hydrogens (tertiary/aromatic N) is 5. The number of fused-ring (bicyclic) bond motifs is 1. The molecule has 1 N–H and O–H groups in total. The summed E-state index contributed by atoms with van der Waals surface area (Å²) in [6.45, 7) is 5.88. The fourth-order valence-corrected chi connectivity index (χ4v) is 3.56. The molecule has 4 heterocycles. The van der Waals surface area contributed by atoms with E-state index in [1.807, 2.05) is 17.0 Å². The summed E-state index contributed by atoms with van der Waals surface area (Å²) < 4.78 is 7.74. The van der Waals surface area contributed by atoms with E-state index in [0.29, 0.717) is 0 Å². The molecule has 0 saturated carbocycles. The summed E-state index contributed by atoms with van der Waals surface area (Å²) in [7, 11) is 0. The van der Waals surface area contributed by atoms with E-state index in [9.17, 15) is 0 Å². The highest BCUT2D eigenvalue weighted by Crippen LogP contribution is 2.26. The number of rotatable bonds is 6. The van der Waals surface area contributed by atoms with Crippen LogP contribution in [0.25, 0.3) is 11.2 Å². The number of hydrogen-bond donors (Lipinski definition) is 1. The molecule has 25 heavy (non-hydrogen) atoms. The van der Waals surface area contributed by atoms with Crippen molar-refractivity contribution >= 4 is 17.0 Å². The Morgan fingerprint density at radius 3 is 2.84 bits per heavy atom. The second-order valence-electron chi connectivity index (χ2n) is 6.43. The van der Waals surface area contributed by atoms with Crippen molar-refractivity contribution in [3.05, 3.63) is 36.8 Å². The summed E-state index contributed by atoms with van der Waals surface area (Å²) in [6, 6.07) is 4.22. The Bertz CT molecular complexity index is 806. The summed E-state index contributed by atoms with van der Waals surface area (Å²) in [5.74, 6) is 1.78. The van der Waals surface area contributed by atoms with E-state index in [1.54, 1.807) is 12.6 Å². The Kier molecular flexibility index (Phi) is 4.65. The minimum Gasteiger partial charge on any atom is -0.468 e. The minimum atomic E-state index is 0.202. The maximum atomic E-state index is 5.71. The second kappa shape index (κ2) is 7.23. The third-order valence-electron chi connectivity index (χ3n) is 4.91. The van der Waals surface area contributed by atoms with E-state index in [0.717, 1.165) is 48.9 Å². The lowest BCUT2D eigenvalue weighted by molar-refractivity contribution is 0.153. The van der Waals surface area contributed by atoms with Crippen LogP contribution < -0.4 is 5.32 Å². The molecule has 3 aromatic heterocycles. The van der Waals surface area contributed by atoms with Crippen LogP contribution in [-0.4, -0.2) is 44.1 Å². The summed E-state index contributed by atoms with van der Waals surface area (Å²) >= 11 is 0. The molecule has 1 aliphatic rings. The largest absolute Gasteiger partial charge is 0.468 e. The standard InChI is InChI=1S/C18H24N6O/c1-2-23-13-22-16-17(20-12-21-18(16)23)19-11-14(15-7-6-10-25-15)24-8-4-3-5-9-24/h6-7,10,12-14H,2-5,8-9,11H2,1H3,(H,19,20,21)/t14-/m1/s1. The van der Waals surface area contributed by atoms with Crippen molar-refractivity contribution in [3.8, 4) is 0 Å². The number of nitrogens with one attached hydrogen (secondary N) is 1. The molecule has 3 aromatic rings. The van der Waals surface area contributed by atoms with Crippen molar-refractivity contribution in [1.82, 2.24) is 24.4 Å². The number of imidazole rings is 1. The molecule has 4 rings (SSSR count). The van der Waals surface area contributed by atoms with E-state index in [-0.39, 0.29) is 6.04 Å². The highest BCUT2D eigenvalue weighted by Gasteiger charge is 2.24. The SMILES string of the molecule is CCn1cnc2c(NC[C@H](c3ccco3)N3CCCCC3)ncnc21. The number of likely N-dealkylation sites (tertiary alicyclic amines) is 1. The topological polar surface area (TPSA) is 72.0 Å². The normalized spacial score (nSPS) is 17.0. The molecule has 0 spiro atoms. The highest BCUT2D eigenvalue weighted by atomic mass is 16.3. The van der Waals surface area contributed by atoms with Gasteiger partial charge in [0.15, 0.2) is 11.5 Å². The molecule has 7 heteroatoms. The summed E-state index contributed by atoms with van der Waals surface area (Å²) in [4.78, 5) is 15.7. The molecular weight excluding hydrogens is 316 g/mol. The van der Waals surface area contributed by atoms with Gasteiger partial charge in [-0.05, 0) is 45.0 Å². The van der Waals surface area contributed by atoms with Crippen molar-refractivity contribution < 1.29 is 4.42 Å². The lowest BCUT2D eigenvalue weighted by Gasteiger charge is -2.33. The monoisotopic (exact) mass is 340 g/mol. The van der Waals surface area contributed by atoms with Crippen LogP contribution >= 0.6 is 0 Å². The molecule has 0 aromatic carbocycles. The minimum absolute atomic E-state index is 0.202. The van der Waals surface area contributed by atoms with Crippen LogP contribution in [-0.2, 0) is 6.54 Å². The number of aryl methyl sites for hydroxylation is 1. The fourth-order valence-electron chi connectivity index (χ4n) is 3.56. The van der Waals surface area contributed by atoms with E-state index in [2.05, 4.69) is 38.2 Å². The maximum absolute atomic E-state index is 5.71. The van der Waals surface area contributed by atoms with Gasteiger partial charge in [-0.3, -0.25) is 4.90 Å². The first-order valence-corrected chi connectivity index (χ1v) is 9.04.